The number of hydrogen-bond donors (Lipinski definition) is 1. The van der Waals surface area contributed by atoms with Crippen LogP contribution in [0.1, 0.15) is 81.0 Å². The van der Waals surface area contributed by atoms with Crippen molar-refractivity contribution in [2.45, 2.75) is 67.2 Å². The van der Waals surface area contributed by atoms with Gasteiger partial charge in [-0.2, -0.15) is 5.10 Å². The molecule has 0 saturated heterocycles. The highest BCUT2D eigenvalue weighted by molar-refractivity contribution is 7.18. The number of furan rings is 1. The Kier molecular flexibility index (Phi) is 8.07. The number of ether oxygens (including phenoxy) is 2. The van der Waals surface area contributed by atoms with Crippen LogP contribution < -0.4 is 5.32 Å². The van der Waals surface area contributed by atoms with Gasteiger partial charge < -0.3 is 19.2 Å². The molecule has 1 amide bonds. The van der Waals surface area contributed by atoms with E-state index in [1.54, 1.807) is 45.4 Å². The molecule has 35 heavy (non-hydrogen) atoms. The van der Waals surface area contributed by atoms with Crippen LogP contribution in [0.4, 0.5) is 5.00 Å². The van der Waals surface area contributed by atoms with Crippen molar-refractivity contribution in [1.29, 1.82) is 0 Å². The first-order valence-corrected chi connectivity index (χ1v) is 12.2. The topological polar surface area (TPSA) is 113 Å². The van der Waals surface area contributed by atoms with Crippen LogP contribution in [0.15, 0.2) is 16.5 Å². The van der Waals surface area contributed by atoms with E-state index < -0.39 is 17.8 Å². The van der Waals surface area contributed by atoms with Crippen LogP contribution in [-0.2, 0) is 16.0 Å². The highest BCUT2D eigenvalue weighted by Gasteiger charge is 2.29. The Bertz CT molecular complexity index is 1270. The Morgan fingerprint density at radius 2 is 1.71 bits per heavy atom. The van der Waals surface area contributed by atoms with Crippen molar-refractivity contribution in [3.63, 3.8) is 0 Å². The molecule has 0 aliphatic heterocycles. The summed E-state index contributed by atoms with van der Waals surface area (Å²) in [6, 6.07) is 3.19. The maximum absolute atomic E-state index is 13.0. The number of halogens is 1. The molecule has 0 spiro atoms. The van der Waals surface area contributed by atoms with Crippen LogP contribution in [0.2, 0.25) is 5.02 Å². The Labute approximate surface area is 212 Å². The molecule has 0 saturated carbocycles. The average molecular weight is 522 g/mol. The van der Waals surface area contributed by atoms with Gasteiger partial charge in [-0.15, -0.1) is 11.3 Å². The van der Waals surface area contributed by atoms with E-state index in [0.717, 1.165) is 17.0 Å². The molecule has 0 unspecified atom stereocenters. The fraction of sp³-hybridized carbons (Fsp3) is 0.417. The van der Waals surface area contributed by atoms with Crippen LogP contribution in [0.25, 0.3) is 0 Å². The van der Waals surface area contributed by atoms with Gasteiger partial charge in [0.15, 0.2) is 5.76 Å². The molecule has 0 aliphatic carbocycles. The van der Waals surface area contributed by atoms with E-state index in [9.17, 15) is 14.4 Å². The number of aryl methyl sites for hydroxylation is 1. The van der Waals surface area contributed by atoms with Crippen molar-refractivity contribution in [3.05, 3.63) is 56.1 Å². The normalized spacial score (nSPS) is 11.3. The first-order valence-electron chi connectivity index (χ1n) is 11.0. The number of nitrogens with one attached hydrogen (secondary N) is 1. The van der Waals surface area contributed by atoms with E-state index in [-0.39, 0.29) is 33.4 Å². The summed E-state index contributed by atoms with van der Waals surface area (Å²) in [6.45, 7) is 12.4. The fourth-order valence-electron chi connectivity index (χ4n) is 3.31. The van der Waals surface area contributed by atoms with E-state index >= 15 is 0 Å². The molecule has 0 radical (unpaired) electrons. The van der Waals surface area contributed by atoms with Crippen molar-refractivity contribution in [2.24, 2.45) is 0 Å². The lowest BCUT2D eigenvalue weighted by Gasteiger charge is -2.10. The minimum Gasteiger partial charge on any atom is -0.459 e. The quantitative estimate of drug-likeness (QED) is 0.387. The summed E-state index contributed by atoms with van der Waals surface area (Å²) in [5, 5.41) is 7.80. The summed E-state index contributed by atoms with van der Waals surface area (Å²) in [4.78, 5) is 38.5. The Balaban J connectivity index is 1.87. The zero-order chi connectivity index (χ0) is 26.0. The second-order valence-electron chi connectivity index (χ2n) is 8.53. The molecule has 3 heterocycles. The van der Waals surface area contributed by atoms with Crippen molar-refractivity contribution < 1.29 is 28.3 Å². The first-order chi connectivity index (χ1) is 16.4. The van der Waals surface area contributed by atoms with Gasteiger partial charge in [0.25, 0.3) is 5.91 Å². The van der Waals surface area contributed by atoms with E-state index in [0.29, 0.717) is 28.6 Å². The van der Waals surface area contributed by atoms with E-state index in [1.165, 1.54) is 6.07 Å². The number of thiophene rings is 1. The van der Waals surface area contributed by atoms with Gasteiger partial charge in [0, 0.05) is 0 Å². The summed E-state index contributed by atoms with van der Waals surface area (Å²) in [7, 11) is 0. The van der Waals surface area contributed by atoms with E-state index in [4.69, 9.17) is 25.5 Å². The predicted molar refractivity (Wildman–Crippen MR) is 133 cm³/mol. The molecule has 0 aromatic carbocycles. The third-order valence-corrected chi connectivity index (χ3v) is 6.67. The number of carbonyl (C=O) groups is 3. The second-order valence-corrected chi connectivity index (χ2v) is 9.93. The minimum atomic E-state index is -0.644. The maximum Gasteiger partial charge on any atom is 0.348 e. The van der Waals surface area contributed by atoms with Gasteiger partial charge >= 0.3 is 11.9 Å². The molecule has 3 aromatic rings. The van der Waals surface area contributed by atoms with Crippen LogP contribution in [0.3, 0.4) is 0 Å². The number of nitrogens with zero attached hydrogens (tertiary/aromatic N) is 2. The van der Waals surface area contributed by atoms with Gasteiger partial charge in [-0.25, -0.2) is 9.59 Å². The second kappa shape index (κ2) is 10.7. The smallest absolute Gasteiger partial charge is 0.348 e. The van der Waals surface area contributed by atoms with Gasteiger partial charge in [-0.05, 0) is 66.2 Å². The molecule has 0 bridgehead atoms. The average Bonchev–Trinajstić information content (AvgIpc) is 3.41. The predicted octanol–water partition coefficient (Wildman–Crippen LogP) is 5.55. The van der Waals surface area contributed by atoms with Crippen LogP contribution in [0, 0.1) is 20.8 Å². The molecule has 0 atom stereocenters. The third-order valence-electron chi connectivity index (χ3n) is 4.93. The summed E-state index contributed by atoms with van der Waals surface area (Å²) < 4.78 is 18.0. The zero-order valence-corrected chi connectivity index (χ0v) is 22.2. The van der Waals surface area contributed by atoms with Crippen LogP contribution in [0.5, 0.6) is 0 Å². The SMILES string of the molecule is Cc1nn(Cc2ccc(C(=O)Nc3sc(C(=O)OC(C)C)c(C)c3C(=O)OC(C)C)o2)c(C)c1Cl. The summed E-state index contributed by atoms with van der Waals surface area (Å²) in [5.41, 5.74) is 1.98. The number of aromatic nitrogens is 2. The Morgan fingerprint density at radius 1 is 1.09 bits per heavy atom. The molecule has 3 aromatic heterocycles. The zero-order valence-electron chi connectivity index (χ0n) is 20.6. The van der Waals surface area contributed by atoms with Gasteiger partial charge in [0.1, 0.15) is 15.6 Å². The molecule has 188 valence electrons. The van der Waals surface area contributed by atoms with E-state index in [1.807, 2.05) is 13.8 Å². The number of hydrogen-bond acceptors (Lipinski definition) is 8. The number of anilines is 1. The summed E-state index contributed by atoms with van der Waals surface area (Å²) >= 11 is 7.15. The molecule has 1 N–H and O–H groups in total. The monoisotopic (exact) mass is 521 g/mol. The molecular weight excluding hydrogens is 494 g/mol. The van der Waals surface area contributed by atoms with Gasteiger partial charge in [0.2, 0.25) is 0 Å². The standard InChI is InChI=1S/C24H28ClN3O6S/c1-11(2)32-23(30)18-13(5)20(24(31)33-12(3)4)35-22(18)26-21(29)17-9-8-16(34-17)10-28-15(7)19(25)14(6)27-28/h8-9,11-12H,10H2,1-7H3,(H,26,29). The minimum absolute atomic E-state index is 0.0353. The summed E-state index contributed by atoms with van der Waals surface area (Å²) in [5.74, 6) is -1.26. The number of amides is 1. The third kappa shape index (κ3) is 5.94. The molecule has 9 nitrogen and oxygen atoms in total. The van der Waals surface area contributed by atoms with Crippen LogP contribution in [-0.4, -0.2) is 39.8 Å². The molecule has 0 aliphatic rings. The lowest BCUT2D eigenvalue weighted by atomic mass is 10.1. The van der Waals surface area contributed by atoms with Gasteiger partial charge in [-0.1, -0.05) is 11.6 Å². The van der Waals surface area contributed by atoms with Gasteiger partial charge in [-0.3, -0.25) is 9.48 Å². The van der Waals surface area contributed by atoms with Crippen LogP contribution >= 0.6 is 22.9 Å². The summed E-state index contributed by atoms with van der Waals surface area (Å²) in [6.07, 6.45) is -0.723. The molecule has 11 heteroatoms. The number of carbonyl (C=O) groups excluding carboxylic acids is 3. The number of rotatable bonds is 8. The Morgan fingerprint density at radius 3 is 2.29 bits per heavy atom. The number of esters is 2. The van der Waals surface area contributed by atoms with Gasteiger partial charge in [0.05, 0.1) is 40.7 Å². The fourth-order valence-corrected chi connectivity index (χ4v) is 4.52. The molecular formula is C24H28ClN3O6S. The molecule has 3 rings (SSSR count). The highest BCUT2D eigenvalue weighted by atomic mass is 35.5. The Hall–Kier alpha value is -3.11. The van der Waals surface area contributed by atoms with Crippen molar-refractivity contribution in [3.8, 4) is 0 Å². The highest BCUT2D eigenvalue weighted by Crippen LogP contribution is 2.35. The van der Waals surface area contributed by atoms with E-state index in [2.05, 4.69) is 10.4 Å². The lowest BCUT2D eigenvalue weighted by Crippen LogP contribution is -2.17. The van der Waals surface area contributed by atoms with Crippen molar-refractivity contribution >= 4 is 45.8 Å². The molecule has 0 fully saturated rings. The largest absolute Gasteiger partial charge is 0.459 e. The first kappa shape index (κ1) is 26.5. The van der Waals surface area contributed by atoms with Crippen molar-refractivity contribution in [2.75, 3.05) is 5.32 Å². The lowest BCUT2D eigenvalue weighted by molar-refractivity contribution is 0.0378. The van der Waals surface area contributed by atoms with Crippen molar-refractivity contribution in [1.82, 2.24) is 9.78 Å². The maximum atomic E-state index is 13.0.